The first kappa shape index (κ1) is 24.5. The summed E-state index contributed by atoms with van der Waals surface area (Å²) in [5.41, 5.74) is 8.25. The van der Waals surface area contributed by atoms with E-state index in [4.69, 9.17) is 29.4 Å². The average molecular weight is 487 g/mol. The molecular formula is C28H26N2O6. The van der Waals surface area contributed by atoms with Crippen LogP contribution in [0.5, 0.6) is 28.7 Å². The highest BCUT2D eigenvalue weighted by atomic mass is 16.5. The molecule has 184 valence electrons. The zero-order valence-corrected chi connectivity index (χ0v) is 20.2. The molecule has 1 aliphatic rings. The van der Waals surface area contributed by atoms with Gasteiger partial charge in [-0.05, 0) is 54.4 Å². The molecular weight excluding hydrogens is 460 g/mol. The zero-order chi connectivity index (χ0) is 25.7. The molecule has 4 rings (SSSR count). The molecule has 3 aromatic rings. The molecule has 2 N–H and O–H groups in total. The first-order valence-corrected chi connectivity index (χ1v) is 11.4. The van der Waals surface area contributed by atoms with Crippen molar-refractivity contribution < 1.29 is 28.5 Å². The quantitative estimate of drug-likeness (QED) is 0.352. The Morgan fingerprint density at radius 3 is 2.42 bits per heavy atom. The van der Waals surface area contributed by atoms with Crippen LogP contribution in [-0.2, 0) is 0 Å². The van der Waals surface area contributed by atoms with Gasteiger partial charge < -0.3 is 29.4 Å². The highest BCUT2D eigenvalue weighted by Gasteiger charge is 2.31. The Hall–Kier alpha value is -4.64. The number of benzene rings is 3. The molecule has 0 saturated carbocycles. The molecule has 1 heterocycles. The Labute approximate surface area is 209 Å². The number of carbonyl (C=O) groups excluding carboxylic acids is 1. The van der Waals surface area contributed by atoms with Gasteiger partial charge in [0.2, 0.25) is 5.88 Å². The molecule has 1 atom stereocenters. The van der Waals surface area contributed by atoms with Gasteiger partial charge in [-0.25, -0.2) is 4.79 Å². The fraction of sp³-hybridized carbons (Fsp3) is 0.214. The van der Waals surface area contributed by atoms with Crippen molar-refractivity contribution in [3.05, 3.63) is 88.8 Å². The number of hydrogen-bond donors (Lipinski definition) is 1. The molecule has 0 radical (unpaired) electrons. The number of esters is 1. The molecule has 0 amide bonds. The molecule has 0 aliphatic carbocycles. The van der Waals surface area contributed by atoms with Crippen LogP contribution in [0.15, 0.2) is 72.1 Å². The van der Waals surface area contributed by atoms with Crippen LogP contribution in [0.1, 0.15) is 40.7 Å². The first-order chi connectivity index (χ1) is 17.5. The molecule has 0 fully saturated rings. The van der Waals surface area contributed by atoms with Gasteiger partial charge in [-0.3, -0.25) is 0 Å². The third-order valence-corrected chi connectivity index (χ3v) is 5.71. The summed E-state index contributed by atoms with van der Waals surface area (Å²) in [5.74, 6) is 1.43. The van der Waals surface area contributed by atoms with Crippen LogP contribution in [0.4, 0.5) is 0 Å². The number of allylic oxidation sites excluding steroid dienone is 1. The first-order valence-electron chi connectivity index (χ1n) is 11.4. The minimum absolute atomic E-state index is 0.0149. The Morgan fingerprint density at radius 1 is 1.00 bits per heavy atom. The van der Waals surface area contributed by atoms with E-state index in [2.05, 4.69) is 6.07 Å². The van der Waals surface area contributed by atoms with Gasteiger partial charge in [0, 0.05) is 11.6 Å². The summed E-state index contributed by atoms with van der Waals surface area (Å²) in [5, 5.41) is 9.85. The van der Waals surface area contributed by atoms with Gasteiger partial charge in [0.1, 0.15) is 28.9 Å². The van der Waals surface area contributed by atoms with E-state index >= 15 is 0 Å². The van der Waals surface area contributed by atoms with Crippen LogP contribution in [0.3, 0.4) is 0 Å². The average Bonchev–Trinajstić information content (AvgIpc) is 2.91. The lowest BCUT2D eigenvalue weighted by Crippen LogP contribution is -2.21. The van der Waals surface area contributed by atoms with E-state index in [9.17, 15) is 10.1 Å². The molecule has 8 heteroatoms. The summed E-state index contributed by atoms with van der Waals surface area (Å²) in [6, 6.07) is 19.3. The van der Waals surface area contributed by atoms with Crippen molar-refractivity contribution in [1.82, 2.24) is 0 Å². The largest absolute Gasteiger partial charge is 0.497 e. The van der Waals surface area contributed by atoms with Gasteiger partial charge in [-0.15, -0.1) is 0 Å². The van der Waals surface area contributed by atoms with Crippen LogP contribution in [0.25, 0.3) is 0 Å². The van der Waals surface area contributed by atoms with Crippen LogP contribution in [-0.4, -0.2) is 26.8 Å². The van der Waals surface area contributed by atoms with Gasteiger partial charge in [0.25, 0.3) is 0 Å². The summed E-state index contributed by atoms with van der Waals surface area (Å²) in [6.45, 7) is 2.58. The van der Waals surface area contributed by atoms with Crippen LogP contribution >= 0.6 is 0 Å². The van der Waals surface area contributed by atoms with Gasteiger partial charge in [-0.1, -0.05) is 19.1 Å². The van der Waals surface area contributed by atoms with Crippen molar-refractivity contribution >= 4 is 5.97 Å². The maximum absolute atomic E-state index is 12.6. The number of ether oxygens (including phenoxy) is 5. The smallest absolute Gasteiger partial charge is 0.343 e. The van der Waals surface area contributed by atoms with Gasteiger partial charge in [-0.2, -0.15) is 5.26 Å². The van der Waals surface area contributed by atoms with E-state index in [1.54, 1.807) is 56.7 Å². The minimum Gasteiger partial charge on any atom is -0.497 e. The number of carbonyl (C=O) groups is 1. The highest BCUT2D eigenvalue weighted by molar-refractivity contribution is 5.91. The van der Waals surface area contributed by atoms with E-state index < -0.39 is 11.9 Å². The zero-order valence-electron chi connectivity index (χ0n) is 20.2. The van der Waals surface area contributed by atoms with Crippen LogP contribution < -0.4 is 29.4 Å². The summed E-state index contributed by atoms with van der Waals surface area (Å²) < 4.78 is 27.7. The van der Waals surface area contributed by atoms with Crippen molar-refractivity contribution in [2.45, 2.75) is 19.3 Å². The fourth-order valence-corrected chi connectivity index (χ4v) is 3.93. The second kappa shape index (κ2) is 10.7. The van der Waals surface area contributed by atoms with Gasteiger partial charge in [0.15, 0.2) is 11.5 Å². The lowest BCUT2D eigenvalue weighted by molar-refractivity contribution is 0.0734. The van der Waals surface area contributed by atoms with Crippen LogP contribution in [0, 0.1) is 11.3 Å². The number of nitrogens with zero attached hydrogens (tertiary/aromatic N) is 1. The third-order valence-electron chi connectivity index (χ3n) is 5.71. The third kappa shape index (κ3) is 4.91. The second-order valence-corrected chi connectivity index (χ2v) is 8.00. The van der Waals surface area contributed by atoms with Crippen molar-refractivity contribution in [1.29, 1.82) is 5.26 Å². The standard InChI is InChI=1S/C28H26N2O6/c1-4-13-34-23-12-7-18(14-25(23)33-3)26-21-11-10-20(15-24(21)36-27(30)22(26)16-29)35-28(31)17-5-8-19(32-2)9-6-17/h5-12,14-15,26H,4,13,30H2,1-3H3. The Kier molecular flexibility index (Phi) is 7.31. The van der Waals surface area contributed by atoms with Gasteiger partial charge in [0.05, 0.1) is 32.3 Å². The monoisotopic (exact) mass is 486 g/mol. The Balaban J connectivity index is 1.66. The topological polar surface area (TPSA) is 113 Å². The van der Waals surface area contributed by atoms with Crippen molar-refractivity contribution in [3.8, 4) is 34.8 Å². The number of fused-ring (bicyclic) bond motifs is 1. The molecule has 36 heavy (non-hydrogen) atoms. The predicted molar refractivity (Wildman–Crippen MR) is 132 cm³/mol. The van der Waals surface area contributed by atoms with Crippen molar-refractivity contribution in [3.63, 3.8) is 0 Å². The lowest BCUT2D eigenvalue weighted by atomic mass is 9.83. The number of methoxy groups -OCH3 is 2. The normalized spacial score (nSPS) is 14.2. The molecule has 1 aliphatic heterocycles. The Morgan fingerprint density at radius 2 is 1.75 bits per heavy atom. The molecule has 8 nitrogen and oxygen atoms in total. The van der Waals surface area contributed by atoms with Crippen LogP contribution in [0.2, 0.25) is 0 Å². The maximum atomic E-state index is 12.6. The summed E-state index contributed by atoms with van der Waals surface area (Å²) in [4.78, 5) is 12.6. The van der Waals surface area contributed by atoms with Gasteiger partial charge >= 0.3 is 5.97 Å². The highest BCUT2D eigenvalue weighted by Crippen LogP contribution is 2.45. The van der Waals surface area contributed by atoms with E-state index in [0.29, 0.717) is 40.7 Å². The predicted octanol–water partition coefficient (Wildman–Crippen LogP) is 4.93. The maximum Gasteiger partial charge on any atom is 0.343 e. The van der Waals surface area contributed by atoms with E-state index in [1.807, 2.05) is 25.1 Å². The van der Waals surface area contributed by atoms with Crippen molar-refractivity contribution in [2.75, 3.05) is 20.8 Å². The number of hydrogen-bond acceptors (Lipinski definition) is 8. The van der Waals surface area contributed by atoms with E-state index in [-0.39, 0.29) is 17.2 Å². The SMILES string of the molecule is CCCOc1ccc(C2C(C#N)=C(N)Oc3cc(OC(=O)c4ccc(OC)cc4)ccc32)cc1OC. The summed E-state index contributed by atoms with van der Waals surface area (Å²) in [6.07, 6.45) is 0.863. The number of rotatable bonds is 8. The van der Waals surface area contributed by atoms with Crippen molar-refractivity contribution in [2.24, 2.45) is 5.73 Å². The molecule has 1 unspecified atom stereocenters. The fourth-order valence-electron chi connectivity index (χ4n) is 3.93. The molecule has 0 spiro atoms. The number of nitriles is 1. The number of nitrogens with two attached hydrogens (primary N) is 1. The molecule has 0 saturated heterocycles. The lowest BCUT2D eigenvalue weighted by Gasteiger charge is -2.27. The van der Waals surface area contributed by atoms with E-state index in [1.165, 1.54) is 0 Å². The Bertz CT molecular complexity index is 1340. The second-order valence-electron chi connectivity index (χ2n) is 8.00. The summed E-state index contributed by atoms with van der Waals surface area (Å²) >= 11 is 0. The van der Waals surface area contributed by atoms with E-state index in [0.717, 1.165) is 12.0 Å². The molecule has 3 aromatic carbocycles. The molecule has 0 aromatic heterocycles. The summed E-state index contributed by atoms with van der Waals surface area (Å²) in [7, 11) is 3.12. The molecule has 0 bridgehead atoms. The minimum atomic E-state index is -0.529.